The summed E-state index contributed by atoms with van der Waals surface area (Å²) in [5.74, 6) is -1.54. The lowest BCUT2D eigenvalue weighted by atomic mass is 9.98. The van der Waals surface area contributed by atoms with Gasteiger partial charge >= 0.3 is 5.97 Å². The highest BCUT2D eigenvalue weighted by Gasteiger charge is 2.29. The number of hydrogen-bond donors (Lipinski definition) is 4. The molecule has 3 aromatic rings. The number of benzene rings is 2. The van der Waals surface area contributed by atoms with E-state index in [9.17, 15) is 19.5 Å². The zero-order chi connectivity index (χ0) is 27.5. The number of aliphatic carboxylic acids is 1. The highest BCUT2D eigenvalue weighted by atomic mass is 32.1. The number of hydrogen-bond acceptors (Lipinski definition) is 7. The Morgan fingerprint density at radius 3 is 2.39 bits per heavy atom. The van der Waals surface area contributed by atoms with Gasteiger partial charge in [-0.2, -0.15) is 12.6 Å². The van der Waals surface area contributed by atoms with Gasteiger partial charge in [-0.15, -0.1) is 5.10 Å². The largest absolute Gasteiger partial charge is 0.481 e. The number of carboxylic acids is 1. The summed E-state index contributed by atoms with van der Waals surface area (Å²) in [6.45, 7) is 4.51. The fraction of sp³-hybridized carbons (Fsp3) is 0.407. The molecule has 10 nitrogen and oxygen atoms in total. The van der Waals surface area contributed by atoms with Gasteiger partial charge in [0.2, 0.25) is 11.8 Å². The number of aromatic amines is 1. The Balaban J connectivity index is 1.82. The molecule has 2 unspecified atom stereocenters. The van der Waals surface area contributed by atoms with E-state index in [2.05, 4.69) is 45.5 Å². The van der Waals surface area contributed by atoms with E-state index in [-0.39, 0.29) is 0 Å². The van der Waals surface area contributed by atoms with E-state index in [4.69, 9.17) is 0 Å². The minimum Gasteiger partial charge on any atom is -0.481 e. The molecule has 1 heterocycles. The van der Waals surface area contributed by atoms with Crippen molar-refractivity contribution in [2.75, 3.05) is 12.3 Å². The fourth-order valence-corrected chi connectivity index (χ4v) is 4.20. The van der Waals surface area contributed by atoms with Crippen LogP contribution in [-0.4, -0.2) is 66.8 Å². The van der Waals surface area contributed by atoms with Crippen LogP contribution < -0.4 is 5.32 Å². The van der Waals surface area contributed by atoms with E-state index >= 15 is 0 Å². The Labute approximate surface area is 227 Å². The van der Waals surface area contributed by atoms with Crippen molar-refractivity contribution >= 4 is 30.4 Å². The van der Waals surface area contributed by atoms with Gasteiger partial charge in [0.1, 0.15) is 6.04 Å². The topological polar surface area (TPSA) is 141 Å². The SMILES string of the molecule is CCCCCN(Cc1ccc(-c2ccccc2-c2nnn[nH]2)cc1)C(=O)C(CC(=O)O)NC(=O)C(C)CS. The lowest BCUT2D eigenvalue weighted by Gasteiger charge is -2.28. The van der Waals surface area contributed by atoms with E-state index < -0.39 is 36.2 Å². The summed E-state index contributed by atoms with van der Waals surface area (Å²) in [6.07, 6.45) is 2.20. The number of H-pyrrole nitrogens is 1. The van der Waals surface area contributed by atoms with Crippen molar-refractivity contribution in [1.29, 1.82) is 0 Å². The summed E-state index contributed by atoms with van der Waals surface area (Å²) in [5, 5.41) is 26.2. The molecule has 1 aromatic heterocycles. The molecule has 38 heavy (non-hydrogen) atoms. The predicted octanol–water partition coefficient (Wildman–Crippen LogP) is 3.58. The summed E-state index contributed by atoms with van der Waals surface area (Å²) in [4.78, 5) is 39.1. The van der Waals surface area contributed by atoms with Gasteiger partial charge in [-0.3, -0.25) is 14.4 Å². The molecule has 202 valence electrons. The van der Waals surface area contributed by atoms with Crippen molar-refractivity contribution in [3.63, 3.8) is 0 Å². The third-order valence-electron chi connectivity index (χ3n) is 6.22. The van der Waals surface area contributed by atoms with Gasteiger partial charge in [-0.05, 0) is 33.5 Å². The van der Waals surface area contributed by atoms with Crippen molar-refractivity contribution in [2.45, 2.75) is 52.1 Å². The number of nitrogens with one attached hydrogen (secondary N) is 2. The average molecular weight is 539 g/mol. The second-order valence-electron chi connectivity index (χ2n) is 9.20. The highest BCUT2D eigenvalue weighted by molar-refractivity contribution is 7.80. The third-order valence-corrected chi connectivity index (χ3v) is 6.77. The van der Waals surface area contributed by atoms with Crippen LogP contribution in [0.25, 0.3) is 22.5 Å². The molecule has 0 bridgehead atoms. The van der Waals surface area contributed by atoms with E-state index in [0.717, 1.165) is 41.5 Å². The molecule has 0 aliphatic carbocycles. The summed E-state index contributed by atoms with van der Waals surface area (Å²) < 4.78 is 0. The number of thiol groups is 1. The van der Waals surface area contributed by atoms with Crippen LogP contribution in [0.1, 0.15) is 45.1 Å². The normalized spacial score (nSPS) is 12.5. The van der Waals surface area contributed by atoms with Crippen LogP contribution in [0, 0.1) is 5.92 Å². The molecule has 0 aliphatic heterocycles. The summed E-state index contributed by atoms with van der Waals surface area (Å²) in [6, 6.07) is 14.5. The van der Waals surface area contributed by atoms with Crippen LogP contribution >= 0.6 is 12.6 Å². The summed E-state index contributed by atoms with van der Waals surface area (Å²) in [5.41, 5.74) is 3.67. The van der Waals surface area contributed by atoms with E-state index in [1.165, 1.54) is 0 Å². The first-order valence-corrected chi connectivity index (χ1v) is 13.3. The molecule has 11 heteroatoms. The Kier molecular flexibility index (Phi) is 10.8. The Bertz CT molecular complexity index is 1200. The molecule has 0 saturated carbocycles. The number of carboxylic acid groups (broad SMARTS) is 1. The number of aromatic nitrogens is 4. The van der Waals surface area contributed by atoms with Crippen molar-refractivity contribution in [3.05, 3.63) is 54.1 Å². The van der Waals surface area contributed by atoms with Gasteiger partial charge in [-0.1, -0.05) is 75.2 Å². The smallest absolute Gasteiger partial charge is 0.305 e. The maximum atomic E-state index is 13.5. The molecule has 2 atom stereocenters. The number of nitrogens with zero attached hydrogens (tertiary/aromatic N) is 4. The lowest BCUT2D eigenvalue weighted by Crippen LogP contribution is -2.50. The number of carbonyl (C=O) groups excluding carboxylic acids is 2. The molecule has 0 spiro atoms. The zero-order valence-corrected chi connectivity index (χ0v) is 22.5. The van der Waals surface area contributed by atoms with Crippen LogP contribution in [0.3, 0.4) is 0 Å². The highest BCUT2D eigenvalue weighted by Crippen LogP contribution is 2.30. The van der Waals surface area contributed by atoms with Crippen molar-refractivity contribution < 1.29 is 19.5 Å². The molecule has 0 radical (unpaired) electrons. The number of unbranched alkanes of at least 4 members (excludes halogenated alkanes) is 2. The molecule has 2 amide bonds. The first-order valence-electron chi connectivity index (χ1n) is 12.7. The average Bonchev–Trinajstić information content (AvgIpc) is 3.46. The van der Waals surface area contributed by atoms with Crippen LogP contribution in [0.2, 0.25) is 0 Å². The second-order valence-corrected chi connectivity index (χ2v) is 9.57. The molecular weight excluding hydrogens is 504 g/mol. The quantitative estimate of drug-likeness (QED) is 0.182. The van der Waals surface area contributed by atoms with Gasteiger partial charge < -0.3 is 15.3 Å². The summed E-state index contributed by atoms with van der Waals surface area (Å²) in [7, 11) is 0. The molecule has 0 saturated heterocycles. The van der Waals surface area contributed by atoms with Crippen LogP contribution in [0.5, 0.6) is 0 Å². The number of rotatable bonds is 14. The fourth-order valence-electron chi connectivity index (χ4n) is 4.04. The minimum absolute atomic E-state index is 0.294. The van der Waals surface area contributed by atoms with Crippen molar-refractivity contribution in [2.24, 2.45) is 5.92 Å². The van der Waals surface area contributed by atoms with Gasteiger partial charge in [0.25, 0.3) is 0 Å². The zero-order valence-electron chi connectivity index (χ0n) is 21.6. The maximum absolute atomic E-state index is 13.5. The first-order chi connectivity index (χ1) is 18.3. The molecule has 2 aromatic carbocycles. The molecule has 3 N–H and O–H groups in total. The molecule has 0 aliphatic rings. The van der Waals surface area contributed by atoms with Gasteiger partial charge in [-0.25, -0.2) is 5.10 Å². The van der Waals surface area contributed by atoms with Crippen LogP contribution in [0.4, 0.5) is 0 Å². The van der Waals surface area contributed by atoms with E-state index in [0.29, 0.717) is 24.7 Å². The van der Waals surface area contributed by atoms with Crippen LogP contribution in [0.15, 0.2) is 48.5 Å². The van der Waals surface area contributed by atoms with Crippen LogP contribution in [-0.2, 0) is 20.9 Å². The standard InChI is InChI=1S/C27H34N6O4S/c1-3-4-7-14-33(27(37)23(15-24(34)35)28-26(36)18(2)17-38)16-19-10-12-20(13-11-19)21-8-5-6-9-22(21)25-29-31-32-30-25/h5-6,8-13,18,23,38H,3-4,7,14-17H2,1-2H3,(H,28,36)(H,34,35)(H,29,30,31,32). The number of carbonyl (C=O) groups is 3. The minimum atomic E-state index is -1.15. The predicted molar refractivity (Wildman–Crippen MR) is 147 cm³/mol. The number of tetrazole rings is 1. The Morgan fingerprint density at radius 1 is 1.08 bits per heavy atom. The monoisotopic (exact) mass is 538 g/mol. The Morgan fingerprint density at radius 2 is 1.79 bits per heavy atom. The Hall–Kier alpha value is -3.73. The maximum Gasteiger partial charge on any atom is 0.305 e. The second kappa shape index (κ2) is 14.3. The summed E-state index contributed by atoms with van der Waals surface area (Å²) >= 11 is 4.14. The molecule has 3 rings (SSSR count). The van der Waals surface area contributed by atoms with Crippen molar-refractivity contribution in [1.82, 2.24) is 30.8 Å². The van der Waals surface area contributed by atoms with Crippen molar-refractivity contribution in [3.8, 4) is 22.5 Å². The lowest BCUT2D eigenvalue weighted by molar-refractivity contribution is -0.144. The first kappa shape index (κ1) is 28.8. The van der Waals surface area contributed by atoms with Gasteiger partial charge in [0, 0.05) is 30.3 Å². The van der Waals surface area contributed by atoms with E-state index in [1.807, 2.05) is 48.5 Å². The third kappa shape index (κ3) is 7.88. The van der Waals surface area contributed by atoms with E-state index in [1.54, 1.807) is 11.8 Å². The van der Waals surface area contributed by atoms with Gasteiger partial charge in [0.05, 0.1) is 6.42 Å². The van der Waals surface area contributed by atoms with Gasteiger partial charge in [0.15, 0.2) is 5.82 Å². The molecular formula is C27H34N6O4S. The number of amides is 2. The molecule has 0 fully saturated rings.